The van der Waals surface area contributed by atoms with Crippen molar-refractivity contribution in [3.8, 4) is 0 Å². The van der Waals surface area contributed by atoms with Crippen LogP contribution in [0.15, 0.2) is 65.3 Å². The van der Waals surface area contributed by atoms with Crippen LogP contribution in [0.5, 0.6) is 0 Å². The van der Waals surface area contributed by atoms with Gasteiger partial charge in [-0.15, -0.1) is 5.73 Å². The number of aromatic amines is 1. The quantitative estimate of drug-likeness (QED) is 0.413. The Kier molecular flexibility index (Phi) is 6.37. The Morgan fingerprint density at radius 3 is 2.74 bits per heavy atom. The molecule has 4 N–H and O–H groups in total. The van der Waals surface area contributed by atoms with Gasteiger partial charge in [0.2, 0.25) is 0 Å². The number of carbonyl (C=O) groups is 1. The summed E-state index contributed by atoms with van der Waals surface area (Å²) < 4.78 is 39.6. The maximum atomic E-state index is 12.7. The van der Waals surface area contributed by atoms with Crippen molar-refractivity contribution in [1.82, 2.24) is 14.9 Å². The normalized spacial score (nSPS) is 17.6. The fourth-order valence-corrected chi connectivity index (χ4v) is 4.24. The minimum absolute atomic E-state index is 0.0768. The van der Waals surface area contributed by atoms with E-state index < -0.39 is 24.2 Å². The van der Waals surface area contributed by atoms with Crippen molar-refractivity contribution in [3.05, 3.63) is 82.1 Å². The van der Waals surface area contributed by atoms with Gasteiger partial charge in [-0.3, -0.25) is 9.36 Å². The lowest BCUT2D eigenvalue weighted by Gasteiger charge is -2.24. The van der Waals surface area contributed by atoms with Gasteiger partial charge in [-0.2, -0.15) is 13.2 Å². The van der Waals surface area contributed by atoms with E-state index in [4.69, 9.17) is 0 Å². The number of H-pyrrole nitrogens is 1. The highest BCUT2D eigenvalue weighted by molar-refractivity contribution is 5.95. The lowest BCUT2D eigenvalue weighted by molar-refractivity contribution is -0.167. The Labute approximate surface area is 192 Å². The number of alkyl halides is 3. The number of para-hydroxylation sites is 2. The van der Waals surface area contributed by atoms with Crippen LogP contribution in [0.2, 0.25) is 0 Å². The van der Waals surface area contributed by atoms with Gasteiger partial charge in [0, 0.05) is 17.8 Å². The molecule has 3 aromatic rings. The van der Waals surface area contributed by atoms with Crippen LogP contribution in [0.1, 0.15) is 30.1 Å². The van der Waals surface area contributed by atoms with Gasteiger partial charge in [0.15, 0.2) is 0 Å². The third kappa shape index (κ3) is 4.64. The van der Waals surface area contributed by atoms with Crippen LogP contribution in [0.25, 0.3) is 11.0 Å². The zero-order valence-corrected chi connectivity index (χ0v) is 18.1. The predicted octanol–water partition coefficient (Wildman–Crippen LogP) is 3.53. The molecule has 34 heavy (non-hydrogen) atoms. The number of benzene rings is 2. The van der Waals surface area contributed by atoms with E-state index in [1.807, 2.05) is 5.32 Å². The number of nitrogens with one attached hydrogen (secondary N) is 3. The van der Waals surface area contributed by atoms with E-state index in [0.29, 0.717) is 53.7 Å². The molecular weight excluding hydrogens is 449 g/mol. The van der Waals surface area contributed by atoms with Crippen molar-refractivity contribution in [2.75, 3.05) is 5.32 Å². The SMILES string of the molecule is C=C=C(CCc1ccccc1NC(=O)C(F)(F)F)N[C@@H]1CCn2c(=O)[nH]c3cccc(c32)[C@H]1O. The van der Waals surface area contributed by atoms with E-state index in [1.165, 1.54) is 12.1 Å². The first-order valence-electron chi connectivity index (χ1n) is 10.7. The highest BCUT2D eigenvalue weighted by Gasteiger charge is 2.39. The van der Waals surface area contributed by atoms with Gasteiger partial charge in [0.25, 0.3) is 0 Å². The summed E-state index contributed by atoms with van der Waals surface area (Å²) in [5.74, 6) is -2.03. The number of amides is 1. The van der Waals surface area contributed by atoms with Crippen LogP contribution >= 0.6 is 0 Å². The molecule has 0 saturated heterocycles. The van der Waals surface area contributed by atoms with Gasteiger partial charge in [0.1, 0.15) is 6.10 Å². The number of rotatable bonds is 6. The summed E-state index contributed by atoms with van der Waals surface area (Å²) in [6, 6.07) is 11.1. The molecule has 2 aromatic carbocycles. The Balaban J connectivity index is 1.48. The molecule has 178 valence electrons. The molecule has 1 aliphatic rings. The summed E-state index contributed by atoms with van der Waals surface area (Å²) in [6.07, 6.45) is -4.80. The molecule has 10 heteroatoms. The zero-order chi connectivity index (χ0) is 24.5. The molecule has 7 nitrogen and oxygen atoms in total. The monoisotopic (exact) mass is 472 g/mol. The van der Waals surface area contributed by atoms with Gasteiger partial charge < -0.3 is 20.7 Å². The highest BCUT2D eigenvalue weighted by atomic mass is 19.4. The molecular formula is C24H23F3N4O3. The fraction of sp³-hybridized carbons (Fsp3) is 0.292. The molecule has 0 bridgehead atoms. The zero-order valence-electron chi connectivity index (χ0n) is 18.1. The van der Waals surface area contributed by atoms with Gasteiger partial charge in [-0.1, -0.05) is 36.9 Å². The number of hydrogen-bond acceptors (Lipinski definition) is 4. The van der Waals surface area contributed by atoms with Crippen LogP contribution < -0.4 is 16.3 Å². The molecule has 1 aromatic heterocycles. The lowest BCUT2D eigenvalue weighted by Crippen LogP contribution is -2.35. The first-order chi connectivity index (χ1) is 16.2. The molecule has 0 saturated carbocycles. The Morgan fingerprint density at radius 2 is 2.00 bits per heavy atom. The van der Waals surface area contributed by atoms with Crippen molar-refractivity contribution in [2.24, 2.45) is 0 Å². The summed E-state index contributed by atoms with van der Waals surface area (Å²) in [5.41, 5.74) is 5.65. The van der Waals surface area contributed by atoms with Crippen LogP contribution in [-0.2, 0) is 17.8 Å². The summed E-state index contributed by atoms with van der Waals surface area (Å²) >= 11 is 0. The van der Waals surface area contributed by atoms with E-state index in [9.17, 15) is 27.9 Å². The Morgan fingerprint density at radius 1 is 1.24 bits per heavy atom. The Hall–Kier alpha value is -3.75. The lowest BCUT2D eigenvalue weighted by atomic mass is 9.99. The number of aliphatic hydroxyl groups is 1. The molecule has 2 atom stereocenters. The van der Waals surface area contributed by atoms with Gasteiger partial charge in [-0.25, -0.2) is 4.79 Å². The molecule has 0 unspecified atom stereocenters. The smallest absolute Gasteiger partial charge is 0.386 e. The van der Waals surface area contributed by atoms with Crippen molar-refractivity contribution in [1.29, 1.82) is 0 Å². The second-order valence-corrected chi connectivity index (χ2v) is 8.07. The summed E-state index contributed by atoms with van der Waals surface area (Å²) in [7, 11) is 0. The fourth-order valence-electron chi connectivity index (χ4n) is 4.24. The van der Waals surface area contributed by atoms with Crippen LogP contribution in [0.4, 0.5) is 18.9 Å². The number of aryl methyl sites for hydroxylation is 2. The van der Waals surface area contributed by atoms with Crippen molar-refractivity contribution in [3.63, 3.8) is 0 Å². The standard InChI is InChI=1S/C24H23F3N4O3/c1-2-15(11-10-14-6-3-4-8-17(14)29-22(33)24(25,26)27)28-19-12-13-31-20-16(21(19)32)7-5-9-18(20)30-23(31)34/h3-9,19,21,28,32H,1,10-13H2,(H,29,33)(H,30,34)/t19-,21-/m1/s1. The molecule has 2 heterocycles. The van der Waals surface area contributed by atoms with Crippen LogP contribution in [0.3, 0.4) is 0 Å². The van der Waals surface area contributed by atoms with Gasteiger partial charge >= 0.3 is 17.8 Å². The number of hydrogen-bond donors (Lipinski definition) is 4. The van der Waals surface area contributed by atoms with Crippen LogP contribution in [-0.4, -0.2) is 32.8 Å². The van der Waals surface area contributed by atoms with Gasteiger partial charge in [0.05, 0.1) is 22.8 Å². The van der Waals surface area contributed by atoms with Gasteiger partial charge in [-0.05, 0) is 37.0 Å². The minimum Gasteiger partial charge on any atom is -0.386 e. The van der Waals surface area contributed by atoms with E-state index in [-0.39, 0.29) is 11.4 Å². The number of nitrogens with zero attached hydrogens (tertiary/aromatic N) is 1. The minimum atomic E-state index is -4.99. The highest BCUT2D eigenvalue weighted by Crippen LogP contribution is 2.30. The van der Waals surface area contributed by atoms with E-state index in [1.54, 1.807) is 34.9 Å². The number of halogens is 3. The third-order valence-corrected chi connectivity index (χ3v) is 5.93. The number of allylic oxidation sites excluding steroid dienone is 1. The second kappa shape index (κ2) is 9.24. The molecule has 1 amide bonds. The molecule has 4 rings (SSSR count). The second-order valence-electron chi connectivity index (χ2n) is 8.07. The molecule has 0 aliphatic carbocycles. The number of imidazole rings is 1. The average molecular weight is 472 g/mol. The maximum absolute atomic E-state index is 12.7. The summed E-state index contributed by atoms with van der Waals surface area (Å²) in [4.78, 5) is 26.5. The number of aromatic nitrogens is 2. The average Bonchev–Trinajstić information content (AvgIpc) is 3.05. The number of anilines is 1. The third-order valence-electron chi connectivity index (χ3n) is 5.93. The van der Waals surface area contributed by atoms with E-state index >= 15 is 0 Å². The van der Waals surface area contributed by atoms with E-state index in [0.717, 1.165) is 0 Å². The molecule has 0 fully saturated rings. The first-order valence-corrected chi connectivity index (χ1v) is 10.7. The number of carbonyl (C=O) groups excluding carboxylic acids is 1. The molecule has 1 aliphatic heterocycles. The van der Waals surface area contributed by atoms with Crippen LogP contribution in [0, 0.1) is 0 Å². The number of aliphatic hydroxyl groups excluding tert-OH is 1. The largest absolute Gasteiger partial charge is 0.471 e. The Bertz CT molecular complexity index is 1340. The first kappa shape index (κ1) is 23.4. The van der Waals surface area contributed by atoms with Crippen molar-refractivity contribution in [2.45, 2.75) is 44.1 Å². The molecule has 0 radical (unpaired) electrons. The maximum Gasteiger partial charge on any atom is 0.471 e. The van der Waals surface area contributed by atoms with Crippen molar-refractivity contribution >= 4 is 22.6 Å². The van der Waals surface area contributed by atoms with Crippen molar-refractivity contribution < 1.29 is 23.1 Å². The summed E-state index contributed by atoms with van der Waals surface area (Å²) in [6.45, 7) is 4.08. The predicted molar refractivity (Wildman–Crippen MR) is 121 cm³/mol. The van der Waals surface area contributed by atoms with E-state index in [2.05, 4.69) is 22.6 Å². The topological polar surface area (TPSA) is 99.2 Å². The molecule has 0 spiro atoms. The summed E-state index contributed by atoms with van der Waals surface area (Å²) in [5, 5.41) is 16.2.